The van der Waals surface area contributed by atoms with Gasteiger partial charge in [0.25, 0.3) is 0 Å². The van der Waals surface area contributed by atoms with Crippen LogP contribution in [0.5, 0.6) is 0 Å². The maximum atomic E-state index is 10.6. The fourth-order valence-corrected chi connectivity index (χ4v) is 3.34. The molecule has 0 aliphatic rings. The molecule has 8 heteroatoms. The third-order valence-corrected chi connectivity index (χ3v) is 4.23. The molecule has 0 atom stereocenters. The highest BCUT2D eigenvalue weighted by Crippen LogP contribution is 2.31. The van der Waals surface area contributed by atoms with Crippen LogP contribution in [0.25, 0.3) is 5.69 Å². The molecule has 1 heterocycles. The molecule has 1 aromatic carbocycles. The molecule has 0 fully saturated rings. The Morgan fingerprint density at radius 1 is 1.39 bits per heavy atom. The summed E-state index contributed by atoms with van der Waals surface area (Å²) in [5.41, 5.74) is 0.843. The summed E-state index contributed by atoms with van der Waals surface area (Å²) in [5, 5.41) is 17.0. The number of aliphatic carboxylic acids is 1. The zero-order valence-electron chi connectivity index (χ0n) is 8.88. The molecule has 0 radical (unpaired) electrons. The number of hydrogen-bond acceptors (Lipinski definition) is 4. The van der Waals surface area contributed by atoms with Crippen LogP contribution in [0.1, 0.15) is 0 Å². The lowest BCUT2D eigenvalue weighted by Crippen LogP contribution is -2.02. The van der Waals surface area contributed by atoms with Gasteiger partial charge in [-0.2, -0.15) is 0 Å². The highest BCUT2D eigenvalue weighted by atomic mass is 79.9. The van der Waals surface area contributed by atoms with Gasteiger partial charge in [-0.1, -0.05) is 17.8 Å². The van der Waals surface area contributed by atoms with Gasteiger partial charge in [-0.3, -0.25) is 9.36 Å². The van der Waals surface area contributed by atoms with Gasteiger partial charge in [0.05, 0.1) is 11.4 Å². The molecule has 0 bridgehead atoms. The van der Waals surface area contributed by atoms with Crippen LogP contribution in [0, 0.1) is 0 Å². The van der Waals surface area contributed by atoms with E-state index < -0.39 is 5.97 Å². The molecular weight excluding hydrogens is 386 g/mol. The molecule has 0 spiro atoms. The molecule has 0 saturated heterocycles. The van der Waals surface area contributed by atoms with E-state index in [0.29, 0.717) is 5.16 Å². The van der Waals surface area contributed by atoms with Crippen molar-refractivity contribution in [3.8, 4) is 5.69 Å². The molecule has 0 aliphatic carbocycles. The van der Waals surface area contributed by atoms with Crippen LogP contribution in [0.3, 0.4) is 0 Å². The van der Waals surface area contributed by atoms with Gasteiger partial charge >= 0.3 is 5.97 Å². The molecular formula is C10H7Br2N3O2S. The standard InChI is InChI=1S/C10H7Br2N3O2S/c11-6-2-1-3-7(12)9(6)15-5-13-14-10(15)18-4-8(16)17/h1-3,5H,4H2,(H,16,17). The Morgan fingerprint density at radius 2 is 2.06 bits per heavy atom. The van der Waals surface area contributed by atoms with Crippen LogP contribution in [-0.4, -0.2) is 31.6 Å². The minimum absolute atomic E-state index is 0.0548. The fourth-order valence-electron chi connectivity index (χ4n) is 1.32. The summed E-state index contributed by atoms with van der Waals surface area (Å²) in [7, 11) is 0. The van der Waals surface area contributed by atoms with Crippen LogP contribution in [0.4, 0.5) is 0 Å². The molecule has 5 nitrogen and oxygen atoms in total. The van der Waals surface area contributed by atoms with Crippen LogP contribution < -0.4 is 0 Å². The van der Waals surface area contributed by atoms with Crippen LogP contribution >= 0.6 is 43.6 Å². The van der Waals surface area contributed by atoms with Gasteiger partial charge < -0.3 is 5.11 Å². The number of aromatic nitrogens is 3. The number of carbonyl (C=O) groups is 1. The number of thioether (sulfide) groups is 1. The number of carboxylic acids is 1. The number of rotatable bonds is 4. The summed E-state index contributed by atoms with van der Waals surface area (Å²) >= 11 is 8.02. The first-order chi connectivity index (χ1) is 8.59. The van der Waals surface area contributed by atoms with E-state index in [1.807, 2.05) is 18.2 Å². The van der Waals surface area contributed by atoms with Crippen LogP contribution in [0.15, 0.2) is 38.6 Å². The average molecular weight is 393 g/mol. The van der Waals surface area contributed by atoms with E-state index in [1.54, 1.807) is 10.9 Å². The number of para-hydroxylation sites is 1. The van der Waals surface area contributed by atoms with Crippen molar-refractivity contribution in [1.29, 1.82) is 0 Å². The van der Waals surface area contributed by atoms with Crippen molar-refractivity contribution >= 4 is 49.6 Å². The second-order valence-corrected chi connectivity index (χ2v) is 5.89. The maximum Gasteiger partial charge on any atom is 0.313 e. The van der Waals surface area contributed by atoms with Crippen molar-refractivity contribution in [3.63, 3.8) is 0 Å². The summed E-state index contributed by atoms with van der Waals surface area (Å²) in [6.07, 6.45) is 1.55. The Bertz CT molecular complexity index is 568. The number of benzene rings is 1. The van der Waals surface area contributed by atoms with Gasteiger partial charge in [-0.15, -0.1) is 10.2 Å². The van der Waals surface area contributed by atoms with Crippen molar-refractivity contribution in [2.75, 3.05) is 5.75 Å². The Balaban J connectivity index is 2.39. The molecule has 18 heavy (non-hydrogen) atoms. The zero-order valence-corrected chi connectivity index (χ0v) is 12.9. The molecule has 1 aromatic heterocycles. The van der Waals surface area contributed by atoms with Crippen molar-refractivity contribution in [3.05, 3.63) is 33.5 Å². The Hall–Kier alpha value is -0.860. The van der Waals surface area contributed by atoms with Gasteiger partial charge in [-0.05, 0) is 44.0 Å². The summed E-state index contributed by atoms with van der Waals surface area (Å²) < 4.78 is 3.48. The summed E-state index contributed by atoms with van der Waals surface area (Å²) in [6.45, 7) is 0. The molecule has 2 rings (SSSR count). The van der Waals surface area contributed by atoms with E-state index in [9.17, 15) is 4.79 Å². The van der Waals surface area contributed by atoms with E-state index >= 15 is 0 Å². The zero-order chi connectivity index (χ0) is 13.1. The first kappa shape index (κ1) is 13.6. The molecule has 94 valence electrons. The Labute approximate surface area is 124 Å². The molecule has 0 amide bonds. The lowest BCUT2D eigenvalue weighted by molar-refractivity contribution is -0.133. The maximum absolute atomic E-state index is 10.6. The molecule has 1 N–H and O–H groups in total. The van der Waals surface area contributed by atoms with E-state index in [2.05, 4.69) is 42.1 Å². The van der Waals surface area contributed by atoms with Crippen LogP contribution in [-0.2, 0) is 4.79 Å². The minimum Gasteiger partial charge on any atom is -0.481 e. The highest BCUT2D eigenvalue weighted by Gasteiger charge is 2.13. The summed E-state index contributed by atoms with van der Waals surface area (Å²) in [5.74, 6) is -0.943. The van der Waals surface area contributed by atoms with Gasteiger partial charge in [0.15, 0.2) is 5.16 Å². The lowest BCUT2D eigenvalue weighted by Gasteiger charge is -2.09. The third-order valence-electron chi connectivity index (χ3n) is 2.02. The number of carboxylic acid groups (broad SMARTS) is 1. The van der Waals surface area contributed by atoms with Crippen molar-refractivity contribution in [1.82, 2.24) is 14.8 Å². The summed E-state index contributed by atoms with van der Waals surface area (Å²) in [6, 6.07) is 5.68. The molecule has 2 aromatic rings. The fraction of sp³-hybridized carbons (Fsp3) is 0.100. The van der Waals surface area contributed by atoms with Gasteiger partial charge in [-0.25, -0.2) is 0 Å². The van der Waals surface area contributed by atoms with Gasteiger partial charge in [0, 0.05) is 8.95 Å². The van der Waals surface area contributed by atoms with E-state index in [0.717, 1.165) is 26.4 Å². The van der Waals surface area contributed by atoms with E-state index in [-0.39, 0.29) is 5.75 Å². The summed E-state index contributed by atoms with van der Waals surface area (Å²) in [4.78, 5) is 10.6. The van der Waals surface area contributed by atoms with Crippen molar-refractivity contribution < 1.29 is 9.90 Å². The monoisotopic (exact) mass is 391 g/mol. The highest BCUT2D eigenvalue weighted by molar-refractivity contribution is 9.11. The normalized spacial score (nSPS) is 10.6. The quantitative estimate of drug-likeness (QED) is 0.810. The minimum atomic E-state index is -0.888. The molecule has 0 aliphatic heterocycles. The molecule has 0 saturated carbocycles. The largest absolute Gasteiger partial charge is 0.481 e. The molecule has 0 unspecified atom stereocenters. The smallest absolute Gasteiger partial charge is 0.313 e. The SMILES string of the molecule is O=C(O)CSc1nncn1-c1c(Br)cccc1Br. The van der Waals surface area contributed by atoms with Crippen molar-refractivity contribution in [2.24, 2.45) is 0 Å². The average Bonchev–Trinajstić information content (AvgIpc) is 2.74. The lowest BCUT2D eigenvalue weighted by atomic mass is 10.3. The second-order valence-electron chi connectivity index (χ2n) is 3.24. The predicted octanol–water partition coefficient (Wildman–Crippen LogP) is 2.97. The van der Waals surface area contributed by atoms with Gasteiger partial charge in [0.2, 0.25) is 0 Å². The van der Waals surface area contributed by atoms with E-state index in [4.69, 9.17) is 5.11 Å². The second kappa shape index (κ2) is 5.85. The first-order valence-electron chi connectivity index (χ1n) is 4.78. The number of halogens is 2. The van der Waals surface area contributed by atoms with Gasteiger partial charge in [0.1, 0.15) is 6.33 Å². The predicted molar refractivity (Wildman–Crippen MR) is 75.1 cm³/mol. The number of nitrogens with zero attached hydrogens (tertiary/aromatic N) is 3. The Kier molecular flexibility index (Phi) is 4.41. The third kappa shape index (κ3) is 2.93. The van der Waals surface area contributed by atoms with Crippen molar-refractivity contribution in [2.45, 2.75) is 5.16 Å². The number of hydrogen-bond donors (Lipinski definition) is 1. The first-order valence-corrected chi connectivity index (χ1v) is 7.35. The Morgan fingerprint density at radius 3 is 2.67 bits per heavy atom. The topological polar surface area (TPSA) is 68.0 Å². The van der Waals surface area contributed by atoms with E-state index in [1.165, 1.54) is 0 Å². The van der Waals surface area contributed by atoms with Crippen LogP contribution in [0.2, 0.25) is 0 Å².